The molecule has 0 aliphatic rings. The van der Waals surface area contributed by atoms with E-state index < -0.39 is 0 Å². The standard InChI is InChI=1S/C10H14BrNOS/c1-7(12)3-2-4-10(13)8-5-14-6-9(8)11/h5-7H,2-4,12H2,1H3. The van der Waals surface area contributed by atoms with E-state index in [9.17, 15) is 4.79 Å². The first-order valence-corrected chi connectivity index (χ1v) is 6.35. The van der Waals surface area contributed by atoms with Crippen molar-refractivity contribution >= 4 is 33.0 Å². The molecule has 2 N–H and O–H groups in total. The highest BCUT2D eigenvalue weighted by Gasteiger charge is 2.10. The lowest BCUT2D eigenvalue weighted by Crippen LogP contribution is -2.14. The Hall–Kier alpha value is -0.190. The van der Waals surface area contributed by atoms with Crippen LogP contribution < -0.4 is 5.73 Å². The number of hydrogen-bond acceptors (Lipinski definition) is 3. The highest BCUT2D eigenvalue weighted by atomic mass is 79.9. The molecule has 0 amide bonds. The first-order valence-electron chi connectivity index (χ1n) is 4.61. The molecule has 2 nitrogen and oxygen atoms in total. The average Bonchev–Trinajstić information content (AvgIpc) is 2.50. The summed E-state index contributed by atoms with van der Waals surface area (Å²) in [4.78, 5) is 11.6. The molecule has 0 radical (unpaired) electrons. The van der Waals surface area contributed by atoms with Crippen LogP contribution in [0, 0.1) is 0 Å². The summed E-state index contributed by atoms with van der Waals surface area (Å²) < 4.78 is 0.910. The van der Waals surface area contributed by atoms with Gasteiger partial charge in [-0.1, -0.05) is 0 Å². The number of carbonyl (C=O) groups excluding carboxylic acids is 1. The van der Waals surface area contributed by atoms with Crippen LogP contribution in [0.1, 0.15) is 36.5 Å². The fourth-order valence-electron chi connectivity index (χ4n) is 1.20. The smallest absolute Gasteiger partial charge is 0.164 e. The summed E-state index contributed by atoms with van der Waals surface area (Å²) >= 11 is 4.89. The van der Waals surface area contributed by atoms with Gasteiger partial charge in [0, 0.05) is 33.3 Å². The minimum atomic E-state index is 0.189. The number of nitrogens with two attached hydrogens (primary N) is 1. The van der Waals surface area contributed by atoms with Crippen molar-refractivity contribution in [2.45, 2.75) is 32.2 Å². The van der Waals surface area contributed by atoms with Crippen molar-refractivity contribution in [2.75, 3.05) is 0 Å². The minimum Gasteiger partial charge on any atom is -0.328 e. The Morgan fingerprint density at radius 3 is 2.86 bits per heavy atom. The maximum Gasteiger partial charge on any atom is 0.164 e. The number of ketones is 1. The van der Waals surface area contributed by atoms with Crippen LogP contribution in [0.3, 0.4) is 0 Å². The van der Waals surface area contributed by atoms with Crippen molar-refractivity contribution in [1.82, 2.24) is 0 Å². The third-order valence-electron chi connectivity index (χ3n) is 1.98. The van der Waals surface area contributed by atoms with Gasteiger partial charge in [-0.15, -0.1) is 0 Å². The van der Waals surface area contributed by atoms with E-state index in [0.717, 1.165) is 22.9 Å². The van der Waals surface area contributed by atoms with E-state index in [-0.39, 0.29) is 11.8 Å². The molecule has 1 rings (SSSR count). The Morgan fingerprint density at radius 2 is 2.36 bits per heavy atom. The molecule has 0 bridgehead atoms. The molecule has 0 aliphatic heterocycles. The summed E-state index contributed by atoms with van der Waals surface area (Å²) in [6.07, 6.45) is 2.38. The van der Waals surface area contributed by atoms with E-state index in [1.54, 1.807) is 11.3 Å². The summed E-state index contributed by atoms with van der Waals surface area (Å²) in [5, 5.41) is 3.82. The Morgan fingerprint density at radius 1 is 1.64 bits per heavy atom. The topological polar surface area (TPSA) is 43.1 Å². The molecule has 0 aromatic carbocycles. The van der Waals surface area contributed by atoms with Gasteiger partial charge in [0.25, 0.3) is 0 Å². The van der Waals surface area contributed by atoms with Crippen LogP contribution in [-0.2, 0) is 0 Å². The Labute approximate surface area is 96.6 Å². The largest absolute Gasteiger partial charge is 0.328 e. The number of thiophene rings is 1. The van der Waals surface area contributed by atoms with Crippen LogP contribution in [-0.4, -0.2) is 11.8 Å². The van der Waals surface area contributed by atoms with Crippen LogP contribution in [0.5, 0.6) is 0 Å². The van der Waals surface area contributed by atoms with Gasteiger partial charge in [0.15, 0.2) is 5.78 Å². The van der Waals surface area contributed by atoms with Crippen LogP contribution in [0.15, 0.2) is 15.2 Å². The highest BCUT2D eigenvalue weighted by Crippen LogP contribution is 2.23. The highest BCUT2D eigenvalue weighted by molar-refractivity contribution is 9.10. The Balaban J connectivity index is 2.40. The summed E-state index contributed by atoms with van der Waals surface area (Å²) in [5.41, 5.74) is 6.41. The molecule has 0 saturated carbocycles. The quantitative estimate of drug-likeness (QED) is 0.839. The molecule has 0 saturated heterocycles. The van der Waals surface area contributed by atoms with Crippen molar-refractivity contribution in [3.63, 3.8) is 0 Å². The summed E-state index contributed by atoms with van der Waals surface area (Å²) in [6, 6.07) is 0.189. The third kappa shape index (κ3) is 3.52. The second kappa shape index (κ2) is 5.63. The van der Waals surface area contributed by atoms with Crippen LogP contribution in [0.4, 0.5) is 0 Å². The predicted molar refractivity (Wildman–Crippen MR) is 63.8 cm³/mol. The van der Waals surface area contributed by atoms with E-state index in [4.69, 9.17) is 5.73 Å². The van der Waals surface area contributed by atoms with Crippen molar-refractivity contribution in [1.29, 1.82) is 0 Å². The molecule has 1 aromatic rings. The number of carbonyl (C=O) groups is 1. The average molecular weight is 276 g/mol. The number of halogens is 1. The van der Waals surface area contributed by atoms with E-state index >= 15 is 0 Å². The van der Waals surface area contributed by atoms with Gasteiger partial charge >= 0.3 is 0 Å². The normalized spacial score (nSPS) is 12.8. The van der Waals surface area contributed by atoms with Crippen LogP contribution in [0.25, 0.3) is 0 Å². The molecule has 0 fully saturated rings. The number of rotatable bonds is 5. The van der Waals surface area contributed by atoms with Crippen LogP contribution in [0.2, 0.25) is 0 Å². The number of Topliss-reactive ketones (excluding diaryl/α,β-unsaturated/α-hetero) is 1. The van der Waals surface area contributed by atoms with Gasteiger partial charge in [-0.2, -0.15) is 11.3 Å². The van der Waals surface area contributed by atoms with E-state index in [1.807, 2.05) is 17.7 Å². The van der Waals surface area contributed by atoms with Crippen molar-refractivity contribution in [3.05, 3.63) is 20.8 Å². The molecule has 78 valence electrons. The fourth-order valence-corrected chi connectivity index (χ4v) is 2.72. The summed E-state index contributed by atoms with van der Waals surface area (Å²) in [6.45, 7) is 1.96. The molecule has 1 heterocycles. The lowest BCUT2D eigenvalue weighted by atomic mass is 10.1. The van der Waals surface area contributed by atoms with E-state index in [1.165, 1.54) is 0 Å². The predicted octanol–water partition coefficient (Wildman–Crippen LogP) is 3.21. The molecule has 1 atom stereocenters. The zero-order chi connectivity index (χ0) is 10.6. The SMILES string of the molecule is CC(N)CCCC(=O)c1cscc1Br. The molecule has 0 aliphatic carbocycles. The molecule has 1 aromatic heterocycles. The van der Waals surface area contributed by atoms with Gasteiger partial charge in [-0.25, -0.2) is 0 Å². The second-order valence-electron chi connectivity index (χ2n) is 3.43. The molecule has 0 spiro atoms. The van der Waals surface area contributed by atoms with Crippen molar-refractivity contribution in [3.8, 4) is 0 Å². The van der Waals surface area contributed by atoms with E-state index in [2.05, 4.69) is 15.9 Å². The maximum absolute atomic E-state index is 11.6. The van der Waals surface area contributed by atoms with Gasteiger partial charge in [0.2, 0.25) is 0 Å². The number of hydrogen-bond donors (Lipinski definition) is 1. The Kier molecular flexibility index (Phi) is 4.78. The summed E-state index contributed by atoms with van der Waals surface area (Å²) in [7, 11) is 0. The Bertz CT molecular complexity index is 309. The molecule has 4 heteroatoms. The molecule has 14 heavy (non-hydrogen) atoms. The first-order chi connectivity index (χ1) is 6.61. The molecular weight excluding hydrogens is 262 g/mol. The van der Waals surface area contributed by atoms with Gasteiger partial charge in [0.1, 0.15) is 0 Å². The molecule has 1 unspecified atom stereocenters. The minimum absolute atomic E-state index is 0.189. The fraction of sp³-hybridized carbons (Fsp3) is 0.500. The van der Waals surface area contributed by atoms with Crippen molar-refractivity contribution in [2.24, 2.45) is 5.73 Å². The third-order valence-corrected chi connectivity index (χ3v) is 3.68. The van der Waals surface area contributed by atoms with Gasteiger partial charge in [0.05, 0.1) is 0 Å². The van der Waals surface area contributed by atoms with Gasteiger partial charge in [-0.3, -0.25) is 4.79 Å². The monoisotopic (exact) mass is 275 g/mol. The van der Waals surface area contributed by atoms with Crippen molar-refractivity contribution < 1.29 is 4.79 Å². The van der Waals surface area contributed by atoms with E-state index in [0.29, 0.717) is 6.42 Å². The second-order valence-corrected chi connectivity index (χ2v) is 5.02. The first kappa shape index (κ1) is 11.9. The van der Waals surface area contributed by atoms with Gasteiger partial charge in [-0.05, 0) is 35.7 Å². The lowest BCUT2D eigenvalue weighted by molar-refractivity contribution is 0.0978. The summed E-state index contributed by atoms with van der Waals surface area (Å²) in [5.74, 6) is 0.207. The van der Waals surface area contributed by atoms with Crippen LogP contribution >= 0.6 is 27.3 Å². The zero-order valence-corrected chi connectivity index (χ0v) is 10.5. The zero-order valence-electron chi connectivity index (χ0n) is 8.13. The lowest BCUT2D eigenvalue weighted by Gasteiger charge is -2.03. The maximum atomic E-state index is 11.6. The van der Waals surface area contributed by atoms with Gasteiger partial charge < -0.3 is 5.73 Å². The molecular formula is C10H14BrNOS.